The molecular formula is C28H25F3O3. The normalized spacial score (nSPS) is 25.0. The first-order valence-electron chi connectivity index (χ1n) is 11.3. The van der Waals surface area contributed by atoms with E-state index in [0.717, 1.165) is 29.4 Å². The van der Waals surface area contributed by atoms with Crippen molar-refractivity contribution in [2.45, 2.75) is 49.0 Å². The number of halogens is 3. The summed E-state index contributed by atoms with van der Waals surface area (Å²) in [6.45, 7) is 2.00. The molecule has 3 nitrogen and oxygen atoms in total. The summed E-state index contributed by atoms with van der Waals surface area (Å²) in [6, 6.07) is 22.9. The number of hydrogen-bond donors (Lipinski definition) is 0. The molecule has 0 bridgehead atoms. The molecule has 0 aromatic heterocycles. The molecule has 3 aromatic carbocycles. The van der Waals surface area contributed by atoms with Gasteiger partial charge in [-0.05, 0) is 41.0 Å². The number of hydrogen-bond acceptors (Lipinski definition) is 3. The van der Waals surface area contributed by atoms with Crippen molar-refractivity contribution in [1.82, 2.24) is 0 Å². The average molecular weight is 466 g/mol. The second-order valence-corrected chi connectivity index (χ2v) is 9.19. The number of alkyl halides is 3. The van der Waals surface area contributed by atoms with Gasteiger partial charge < -0.3 is 9.47 Å². The second kappa shape index (κ2) is 7.98. The van der Waals surface area contributed by atoms with E-state index in [4.69, 9.17) is 9.47 Å². The maximum Gasteiger partial charge on any atom is 0.432 e. The lowest BCUT2D eigenvalue weighted by atomic mass is 9.63. The van der Waals surface area contributed by atoms with Crippen molar-refractivity contribution >= 4 is 5.97 Å². The zero-order valence-electron chi connectivity index (χ0n) is 18.9. The van der Waals surface area contributed by atoms with Gasteiger partial charge in [0, 0.05) is 18.1 Å². The molecule has 34 heavy (non-hydrogen) atoms. The number of benzene rings is 3. The van der Waals surface area contributed by atoms with Crippen LogP contribution in [0.1, 0.15) is 42.4 Å². The minimum Gasteiger partial charge on any atom is -0.459 e. The van der Waals surface area contributed by atoms with Crippen molar-refractivity contribution in [3.8, 4) is 11.1 Å². The third-order valence-electron chi connectivity index (χ3n) is 7.67. The Hall–Kier alpha value is -3.12. The molecule has 5 rings (SSSR count). The average Bonchev–Trinajstić information content (AvgIpc) is 3.17. The number of esters is 1. The van der Waals surface area contributed by atoms with E-state index >= 15 is 0 Å². The van der Waals surface area contributed by atoms with Crippen molar-refractivity contribution in [1.29, 1.82) is 0 Å². The molecule has 1 fully saturated rings. The minimum absolute atomic E-state index is 0.0240. The molecule has 4 atom stereocenters. The largest absolute Gasteiger partial charge is 0.459 e. The van der Waals surface area contributed by atoms with Gasteiger partial charge in [0.05, 0.1) is 0 Å². The van der Waals surface area contributed by atoms with Crippen molar-refractivity contribution in [2.24, 2.45) is 0 Å². The lowest BCUT2D eigenvalue weighted by Gasteiger charge is -2.43. The van der Waals surface area contributed by atoms with Crippen molar-refractivity contribution in [2.75, 3.05) is 7.11 Å². The van der Waals surface area contributed by atoms with Gasteiger partial charge in [0.15, 0.2) is 0 Å². The number of rotatable bonds is 4. The first kappa shape index (κ1) is 22.7. The van der Waals surface area contributed by atoms with Crippen LogP contribution in [0.15, 0.2) is 78.9 Å². The zero-order valence-corrected chi connectivity index (χ0v) is 18.9. The summed E-state index contributed by atoms with van der Waals surface area (Å²) in [5.41, 5.74) is 0.110. The van der Waals surface area contributed by atoms with Crippen LogP contribution in [0.25, 0.3) is 11.1 Å². The highest BCUT2D eigenvalue weighted by atomic mass is 19.4. The van der Waals surface area contributed by atoms with E-state index in [1.165, 1.54) is 24.3 Å². The topological polar surface area (TPSA) is 35.5 Å². The monoisotopic (exact) mass is 466 g/mol. The molecule has 0 amide bonds. The minimum atomic E-state index is -5.00. The van der Waals surface area contributed by atoms with Gasteiger partial charge >= 0.3 is 12.1 Å². The molecule has 176 valence electrons. The summed E-state index contributed by atoms with van der Waals surface area (Å²) >= 11 is 0. The summed E-state index contributed by atoms with van der Waals surface area (Å²) in [5, 5.41) is 0. The number of carbonyl (C=O) groups excluding carboxylic acids is 1. The summed E-state index contributed by atoms with van der Waals surface area (Å²) in [4.78, 5) is 13.4. The van der Waals surface area contributed by atoms with Crippen LogP contribution in [-0.2, 0) is 25.3 Å². The van der Waals surface area contributed by atoms with E-state index in [0.29, 0.717) is 12.8 Å². The Morgan fingerprint density at radius 1 is 0.882 bits per heavy atom. The van der Waals surface area contributed by atoms with E-state index in [9.17, 15) is 18.0 Å². The molecule has 3 aromatic rings. The highest BCUT2D eigenvalue weighted by molar-refractivity contribution is 5.83. The molecular weight excluding hydrogens is 441 g/mol. The van der Waals surface area contributed by atoms with Crippen LogP contribution in [0, 0.1) is 0 Å². The molecule has 2 aliphatic rings. The lowest BCUT2D eigenvalue weighted by molar-refractivity contribution is -0.279. The molecule has 1 saturated carbocycles. The van der Waals surface area contributed by atoms with Crippen LogP contribution in [0.4, 0.5) is 13.2 Å². The first-order valence-corrected chi connectivity index (χ1v) is 11.3. The van der Waals surface area contributed by atoms with Gasteiger partial charge in [0.1, 0.15) is 6.10 Å². The summed E-state index contributed by atoms with van der Waals surface area (Å²) < 4.78 is 54.0. The third-order valence-corrected chi connectivity index (χ3v) is 7.67. The molecule has 0 radical (unpaired) electrons. The molecule has 0 N–H and O–H groups in total. The summed E-state index contributed by atoms with van der Waals surface area (Å²) in [6.07, 6.45) is -4.57. The SMILES string of the molecule is CO[C@](C(=O)O[C@@H]1CC[C@@H]2c3ccccc3-c3ccccc3[C@]21C)(c1ccccc1)C(F)(F)F. The van der Waals surface area contributed by atoms with Gasteiger partial charge in [0.25, 0.3) is 5.60 Å². The Morgan fingerprint density at radius 3 is 2.18 bits per heavy atom. The number of carbonyl (C=O) groups is 1. The highest BCUT2D eigenvalue weighted by Crippen LogP contribution is 2.59. The van der Waals surface area contributed by atoms with Gasteiger partial charge in [-0.1, -0.05) is 85.8 Å². The highest BCUT2D eigenvalue weighted by Gasteiger charge is 2.65. The molecule has 0 spiro atoms. The number of methoxy groups -OCH3 is 1. The van der Waals surface area contributed by atoms with E-state index in [-0.39, 0.29) is 11.5 Å². The molecule has 2 aliphatic carbocycles. The number of ether oxygens (including phenoxy) is 2. The van der Waals surface area contributed by atoms with Crippen LogP contribution >= 0.6 is 0 Å². The maximum atomic E-state index is 14.4. The van der Waals surface area contributed by atoms with Gasteiger partial charge in [0.2, 0.25) is 0 Å². The predicted octanol–water partition coefficient (Wildman–Crippen LogP) is 6.52. The molecule has 0 unspecified atom stereocenters. The quantitative estimate of drug-likeness (QED) is 0.411. The summed E-state index contributed by atoms with van der Waals surface area (Å²) in [5.74, 6) is -1.41. The maximum absolute atomic E-state index is 14.4. The molecule has 0 saturated heterocycles. The van der Waals surface area contributed by atoms with Gasteiger partial charge in [-0.15, -0.1) is 0 Å². The van der Waals surface area contributed by atoms with Gasteiger partial charge in [-0.2, -0.15) is 13.2 Å². The standard InChI is InChI=1S/C28H25F3O3/c1-26-22-15-9-8-14-20(22)19-12-6-7-13-21(19)23(26)16-17-24(26)34-25(32)27(33-2,28(29,30)31)18-10-4-3-5-11-18/h3-15,23-24H,16-17H2,1-2H3/t23-,24-,26-,27+/m1/s1. The van der Waals surface area contributed by atoms with Crippen LogP contribution < -0.4 is 0 Å². The van der Waals surface area contributed by atoms with Crippen molar-refractivity contribution in [3.63, 3.8) is 0 Å². The summed E-state index contributed by atoms with van der Waals surface area (Å²) in [7, 11) is 0.896. The molecule has 6 heteroatoms. The van der Waals surface area contributed by atoms with Gasteiger partial charge in [-0.25, -0.2) is 4.79 Å². The zero-order chi connectivity index (χ0) is 24.1. The van der Waals surface area contributed by atoms with E-state index < -0.39 is 29.3 Å². The second-order valence-electron chi connectivity index (χ2n) is 9.19. The van der Waals surface area contributed by atoms with E-state index in [1.807, 2.05) is 43.3 Å². The number of fused-ring (bicyclic) bond motifs is 6. The van der Waals surface area contributed by atoms with Crippen LogP contribution in [0.2, 0.25) is 0 Å². The van der Waals surface area contributed by atoms with Crippen LogP contribution in [0.3, 0.4) is 0 Å². The Morgan fingerprint density at radius 2 is 1.50 bits per heavy atom. The Balaban J connectivity index is 1.58. The smallest absolute Gasteiger partial charge is 0.432 e. The fourth-order valence-corrected chi connectivity index (χ4v) is 6.00. The van der Waals surface area contributed by atoms with Crippen molar-refractivity contribution in [3.05, 3.63) is 95.6 Å². The third kappa shape index (κ3) is 3.04. The molecule has 0 heterocycles. The lowest BCUT2D eigenvalue weighted by Crippen LogP contribution is -2.54. The van der Waals surface area contributed by atoms with Crippen LogP contribution in [-0.4, -0.2) is 25.4 Å². The van der Waals surface area contributed by atoms with Gasteiger partial charge in [-0.3, -0.25) is 0 Å². The Kier molecular flexibility index (Phi) is 5.32. The fourth-order valence-electron chi connectivity index (χ4n) is 6.00. The van der Waals surface area contributed by atoms with E-state index in [2.05, 4.69) is 12.1 Å². The van der Waals surface area contributed by atoms with Crippen molar-refractivity contribution < 1.29 is 27.4 Å². The Bertz CT molecular complexity index is 1220. The molecule has 0 aliphatic heterocycles. The first-order chi connectivity index (χ1) is 16.2. The fraction of sp³-hybridized carbons (Fsp3) is 0.321. The Labute approximate surface area is 196 Å². The van der Waals surface area contributed by atoms with E-state index in [1.54, 1.807) is 6.07 Å². The predicted molar refractivity (Wildman–Crippen MR) is 122 cm³/mol. The van der Waals surface area contributed by atoms with Crippen LogP contribution in [0.5, 0.6) is 0 Å².